The highest BCUT2D eigenvalue weighted by molar-refractivity contribution is 8.04. The topological polar surface area (TPSA) is 97.8 Å². The van der Waals surface area contributed by atoms with Crippen molar-refractivity contribution in [2.75, 3.05) is 6.61 Å². The first kappa shape index (κ1) is 24.2. The molecule has 9 heteroatoms. The molecule has 0 saturated carbocycles. The SMILES string of the molecule is CC(=O)OCC[C@@H]1C=C[C@H](N(S(=O)(=O)c2ccc(C)cc2)S(=O)(=O)c2ccc(C)cc2)C1. The molecule has 0 unspecified atom stereocenters. The van der Waals surface area contributed by atoms with Crippen LogP contribution in [-0.4, -0.2) is 39.2 Å². The molecule has 2 aromatic carbocycles. The smallest absolute Gasteiger partial charge is 0.302 e. The number of benzene rings is 2. The molecule has 0 fully saturated rings. The van der Waals surface area contributed by atoms with E-state index in [2.05, 4.69) is 0 Å². The van der Waals surface area contributed by atoms with Crippen LogP contribution in [0.2, 0.25) is 0 Å². The van der Waals surface area contributed by atoms with E-state index in [1.54, 1.807) is 36.4 Å². The van der Waals surface area contributed by atoms with Crippen molar-refractivity contribution >= 4 is 26.0 Å². The molecule has 32 heavy (non-hydrogen) atoms. The fourth-order valence-electron chi connectivity index (χ4n) is 3.59. The van der Waals surface area contributed by atoms with Gasteiger partial charge in [-0.25, -0.2) is 16.8 Å². The molecular formula is C23H27NO6S2. The molecule has 2 aromatic rings. The van der Waals surface area contributed by atoms with Crippen LogP contribution in [0.15, 0.2) is 70.5 Å². The number of aryl methyl sites for hydroxylation is 2. The molecule has 0 saturated heterocycles. The number of allylic oxidation sites excluding steroid dienone is 1. The molecule has 0 spiro atoms. The van der Waals surface area contributed by atoms with Crippen LogP contribution in [0.25, 0.3) is 0 Å². The van der Waals surface area contributed by atoms with Gasteiger partial charge in [0.1, 0.15) is 0 Å². The number of rotatable bonds is 8. The molecule has 2 atom stereocenters. The first-order valence-electron chi connectivity index (χ1n) is 10.3. The molecule has 7 nitrogen and oxygen atoms in total. The molecule has 0 N–H and O–H groups in total. The van der Waals surface area contributed by atoms with Gasteiger partial charge in [-0.1, -0.05) is 51.3 Å². The number of nitrogens with zero attached hydrogens (tertiary/aromatic N) is 1. The predicted molar refractivity (Wildman–Crippen MR) is 121 cm³/mol. The summed E-state index contributed by atoms with van der Waals surface area (Å²) in [4.78, 5) is 10.8. The summed E-state index contributed by atoms with van der Waals surface area (Å²) < 4.78 is 59.9. The van der Waals surface area contributed by atoms with Gasteiger partial charge in [-0.15, -0.1) is 0 Å². The summed E-state index contributed by atoms with van der Waals surface area (Å²) in [5, 5.41) is 0. The van der Waals surface area contributed by atoms with Crippen molar-refractivity contribution in [3.8, 4) is 0 Å². The molecular weight excluding hydrogens is 450 g/mol. The second-order valence-corrected chi connectivity index (χ2v) is 11.8. The number of esters is 1. The number of ether oxygens (including phenoxy) is 1. The van der Waals surface area contributed by atoms with Crippen LogP contribution < -0.4 is 0 Å². The monoisotopic (exact) mass is 477 g/mol. The molecule has 0 heterocycles. The Kier molecular flexibility index (Phi) is 7.22. The van der Waals surface area contributed by atoms with Crippen molar-refractivity contribution in [2.45, 2.75) is 49.4 Å². The van der Waals surface area contributed by atoms with E-state index in [1.165, 1.54) is 31.2 Å². The van der Waals surface area contributed by atoms with Crippen LogP contribution in [0.1, 0.15) is 30.9 Å². The summed E-state index contributed by atoms with van der Waals surface area (Å²) in [6, 6.07) is 11.3. The molecule has 0 aromatic heterocycles. The van der Waals surface area contributed by atoms with Gasteiger partial charge in [0.2, 0.25) is 0 Å². The quantitative estimate of drug-likeness (QED) is 0.426. The van der Waals surface area contributed by atoms with E-state index in [1.807, 2.05) is 13.8 Å². The Morgan fingerprint density at radius 1 is 0.875 bits per heavy atom. The lowest BCUT2D eigenvalue weighted by atomic mass is 10.1. The number of hydrogen-bond acceptors (Lipinski definition) is 6. The van der Waals surface area contributed by atoms with Crippen LogP contribution in [0.5, 0.6) is 0 Å². The average molecular weight is 478 g/mol. The van der Waals surface area contributed by atoms with E-state index >= 15 is 0 Å². The highest BCUT2D eigenvalue weighted by atomic mass is 32.3. The molecule has 1 aliphatic carbocycles. The Morgan fingerprint density at radius 3 is 1.78 bits per heavy atom. The minimum Gasteiger partial charge on any atom is -0.466 e. The number of hydrogen-bond donors (Lipinski definition) is 0. The molecule has 3 rings (SSSR count). The highest BCUT2D eigenvalue weighted by Crippen LogP contribution is 2.34. The Balaban J connectivity index is 1.99. The van der Waals surface area contributed by atoms with Gasteiger partial charge >= 0.3 is 5.97 Å². The van der Waals surface area contributed by atoms with Crippen LogP contribution in [0, 0.1) is 19.8 Å². The lowest BCUT2D eigenvalue weighted by molar-refractivity contribution is -0.141. The second kappa shape index (κ2) is 9.56. The summed E-state index contributed by atoms with van der Waals surface area (Å²) in [6.07, 6.45) is 4.15. The summed E-state index contributed by atoms with van der Waals surface area (Å²) in [7, 11) is -8.73. The summed E-state index contributed by atoms with van der Waals surface area (Å²) in [5.41, 5.74) is 1.73. The van der Waals surface area contributed by atoms with E-state index in [4.69, 9.17) is 4.74 Å². The minimum atomic E-state index is -4.37. The molecule has 0 aliphatic heterocycles. The number of carbonyl (C=O) groups is 1. The van der Waals surface area contributed by atoms with Crippen LogP contribution >= 0.6 is 0 Å². The van der Waals surface area contributed by atoms with Crippen molar-refractivity contribution in [3.05, 3.63) is 71.8 Å². The van der Waals surface area contributed by atoms with Crippen LogP contribution in [-0.2, 0) is 29.6 Å². The van der Waals surface area contributed by atoms with Crippen molar-refractivity contribution in [2.24, 2.45) is 5.92 Å². The molecule has 0 bridgehead atoms. The van der Waals surface area contributed by atoms with Crippen molar-refractivity contribution in [1.29, 1.82) is 0 Å². The minimum absolute atomic E-state index is 0.0875. The van der Waals surface area contributed by atoms with Gasteiger partial charge < -0.3 is 4.74 Å². The maximum absolute atomic E-state index is 13.6. The van der Waals surface area contributed by atoms with E-state index in [9.17, 15) is 21.6 Å². The lowest BCUT2D eigenvalue weighted by Gasteiger charge is -2.27. The third kappa shape index (κ3) is 5.28. The highest BCUT2D eigenvalue weighted by Gasteiger charge is 2.43. The van der Waals surface area contributed by atoms with Gasteiger partial charge in [-0.3, -0.25) is 4.79 Å². The molecule has 0 amide bonds. The third-order valence-corrected chi connectivity index (χ3v) is 9.73. The Bertz CT molecular complexity index is 1120. The maximum atomic E-state index is 13.6. The van der Waals surface area contributed by atoms with Gasteiger partial charge in [-0.2, -0.15) is 0 Å². The zero-order valence-corrected chi connectivity index (χ0v) is 19.9. The van der Waals surface area contributed by atoms with Crippen LogP contribution in [0.4, 0.5) is 0 Å². The zero-order valence-electron chi connectivity index (χ0n) is 18.3. The lowest BCUT2D eigenvalue weighted by Crippen LogP contribution is -2.43. The second-order valence-electron chi connectivity index (χ2n) is 7.94. The van der Waals surface area contributed by atoms with E-state index < -0.39 is 32.1 Å². The van der Waals surface area contributed by atoms with Crippen LogP contribution in [0.3, 0.4) is 0 Å². The van der Waals surface area contributed by atoms with E-state index in [0.29, 0.717) is 10.1 Å². The van der Waals surface area contributed by atoms with Crippen molar-refractivity contribution in [3.63, 3.8) is 0 Å². The first-order chi connectivity index (χ1) is 15.0. The normalized spacial score (nSPS) is 18.8. The Hall–Kier alpha value is -2.49. The predicted octanol–water partition coefficient (Wildman–Crippen LogP) is 3.58. The molecule has 1 aliphatic rings. The Morgan fingerprint density at radius 2 is 1.34 bits per heavy atom. The summed E-state index contributed by atoms with van der Waals surface area (Å²) in [5.74, 6) is -0.502. The first-order valence-corrected chi connectivity index (χ1v) is 13.1. The van der Waals surface area contributed by atoms with Gasteiger partial charge in [0.25, 0.3) is 20.0 Å². The summed E-state index contributed by atoms with van der Waals surface area (Å²) >= 11 is 0. The van der Waals surface area contributed by atoms with Crippen molar-refractivity contribution in [1.82, 2.24) is 3.71 Å². The fraction of sp³-hybridized carbons (Fsp3) is 0.348. The Labute approximate surface area is 189 Å². The van der Waals surface area contributed by atoms with E-state index in [-0.39, 0.29) is 28.7 Å². The maximum Gasteiger partial charge on any atom is 0.302 e. The number of carbonyl (C=O) groups excluding carboxylic acids is 1. The fourth-order valence-corrected chi connectivity index (χ4v) is 7.54. The van der Waals surface area contributed by atoms with Gasteiger partial charge in [0.15, 0.2) is 0 Å². The van der Waals surface area contributed by atoms with Crippen molar-refractivity contribution < 1.29 is 26.4 Å². The van der Waals surface area contributed by atoms with Gasteiger partial charge in [0.05, 0.1) is 22.4 Å². The molecule has 0 radical (unpaired) electrons. The van der Waals surface area contributed by atoms with Gasteiger partial charge in [0, 0.05) is 6.92 Å². The van der Waals surface area contributed by atoms with E-state index in [0.717, 1.165) is 11.1 Å². The third-order valence-electron chi connectivity index (χ3n) is 5.33. The van der Waals surface area contributed by atoms with Gasteiger partial charge in [-0.05, 0) is 56.9 Å². The number of sulfonamides is 2. The summed E-state index contributed by atoms with van der Waals surface area (Å²) in [6.45, 7) is 5.15. The zero-order chi connectivity index (χ0) is 23.5. The average Bonchev–Trinajstić information content (AvgIpc) is 3.16. The standard InChI is InChI=1S/C23H27NO6S2/c1-17-4-10-22(11-5-17)31(26,27)24(32(28,29)23-12-6-18(2)7-13-23)21-9-8-20(16-21)14-15-30-19(3)25/h4-13,20-21H,14-16H2,1-3H3/t20-,21-/m0/s1. The largest absolute Gasteiger partial charge is 0.466 e. The molecule has 172 valence electrons.